The first kappa shape index (κ1) is 20.9. The van der Waals surface area contributed by atoms with E-state index in [1.807, 2.05) is 0 Å². The van der Waals surface area contributed by atoms with Crippen molar-refractivity contribution in [2.75, 3.05) is 0 Å². The molecular weight excluding hydrogens is 416 g/mol. The molecule has 1 aliphatic heterocycles. The zero-order valence-corrected chi connectivity index (χ0v) is 15.6. The van der Waals surface area contributed by atoms with Gasteiger partial charge in [-0.1, -0.05) is 0 Å². The van der Waals surface area contributed by atoms with Crippen molar-refractivity contribution in [1.82, 2.24) is 0 Å². The lowest BCUT2D eigenvalue weighted by atomic mass is 10.0. The fraction of sp³-hybridized carbons (Fsp3) is 0.250. The molecule has 1 fully saturated rings. The Morgan fingerprint density at radius 1 is 0.839 bits per heavy atom. The summed E-state index contributed by atoms with van der Waals surface area (Å²) in [4.78, 5) is 12.5. The van der Waals surface area contributed by atoms with Gasteiger partial charge in [-0.3, -0.25) is 4.79 Å². The molecule has 5 atom stereocenters. The summed E-state index contributed by atoms with van der Waals surface area (Å²) in [6.45, 7) is 0. The SMILES string of the molecule is O=c1cc(-c2ccc(O)cc2)oc2cc(OC3OC(O)C(O)C(O)C3O)c(O)c(O)c12. The van der Waals surface area contributed by atoms with Gasteiger partial charge in [0.25, 0.3) is 0 Å². The molecule has 4 rings (SSSR count). The normalized spacial score (nSPS) is 26.1. The van der Waals surface area contributed by atoms with Crippen LogP contribution in [0.2, 0.25) is 0 Å². The van der Waals surface area contributed by atoms with Crippen molar-refractivity contribution in [3.63, 3.8) is 0 Å². The monoisotopic (exact) mass is 434 g/mol. The smallest absolute Gasteiger partial charge is 0.231 e. The van der Waals surface area contributed by atoms with Gasteiger partial charge in [0.2, 0.25) is 12.0 Å². The first-order valence-corrected chi connectivity index (χ1v) is 9.04. The Morgan fingerprint density at radius 2 is 1.52 bits per heavy atom. The van der Waals surface area contributed by atoms with Crippen LogP contribution in [-0.2, 0) is 4.74 Å². The predicted molar refractivity (Wildman–Crippen MR) is 102 cm³/mol. The Labute approximate surface area is 173 Å². The molecule has 7 N–H and O–H groups in total. The highest BCUT2D eigenvalue weighted by Gasteiger charge is 2.44. The van der Waals surface area contributed by atoms with Crippen LogP contribution in [0, 0.1) is 0 Å². The van der Waals surface area contributed by atoms with Crippen LogP contribution in [0.4, 0.5) is 0 Å². The van der Waals surface area contributed by atoms with E-state index < -0.39 is 53.6 Å². The lowest BCUT2D eigenvalue weighted by Gasteiger charge is -2.37. The van der Waals surface area contributed by atoms with Crippen molar-refractivity contribution in [3.05, 3.63) is 46.6 Å². The van der Waals surface area contributed by atoms with E-state index in [1.165, 1.54) is 24.3 Å². The highest BCUT2D eigenvalue weighted by molar-refractivity contribution is 5.89. The van der Waals surface area contributed by atoms with Crippen LogP contribution in [0.25, 0.3) is 22.3 Å². The number of fused-ring (bicyclic) bond motifs is 1. The third-order valence-corrected chi connectivity index (χ3v) is 4.87. The van der Waals surface area contributed by atoms with Crippen molar-refractivity contribution in [2.45, 2.75) is 30.9 Å². The van der Waals surface area contributed by atoms with Crippen molar-refractivity contribution >= 4 is 11.0 Å². The molecule has 0 amide bonds. The van der Waals surface area contributed by atoms with Crippen LogP contribution in [0.15, 0.2) is 45.6 Å². The zero-order valence-electron chi connectivity index (χ0n) is 15.6. The van der Waals surface area contributed by atoms with Gasteiger partial charge in [-0.2, -0.15) is 0 Å². The van der Waals surface area contributed by atoms with E-state index in [1.54, 1.807) is 0 Å². The number of rotatable bonds is 3. The maximum Gasteiger partial charge on any atom is 0.231 e. The van der Waals surface area contributed by atoms with Gasteiger partial charge in [0.05, 0.1) is 0 Å². The number of benzene rings is 2. The number of aromatic hydroxyl groups is 3. The van der Waals surface area contributed by atoms with Gasteiger partial charge in [-0.05, 0) is 24.3 Å². The minimum atomic E-state index is -1.89. The number of phenols is 3. The minimum Gasteiger partial charge on any atom is -0.508 e. The number of hydrogen-bond donors (Lipinski definition) is 7. The Balaban J connectivity index is 1.77. The second-order valence-electron chi connectivity index (χ2n) is 6.95. The molecule has 2 aromatic carbocycles. The number of phenolic OH excluding ortho intramolecular Hbond substituents is 3. The fourth-order valence-corrected chi connectivity index (χ4v) is 3.18. The van der Waals surface area contributed by atoms with Gasteiger partial charge < -0.3 is 49.6 Å². The second kappa shape index (κ2) is 7.72. The summed E-state index contributed by atoms with van der Waals surface area (Å²) >= 11 is 0. The molecule has 1 aromatic heterocycles. The number of ether oxygens (including phenoxy) is 2. The van der Waals surface area contributed by atoms with E-state index in [-0.39, 0.29) is 22.5 Å². The van der Waals surface area contributed by atoms with Crippen molar-refractivity contribution in [3.8, 4) is 34.3 Å². The number of hydrogen-bond acceptors (Lipinski definition) is 11. The van der Waals surface area contributed by atoms with E-state index in [9.17, 15) is 40.5 Å². The van der Waals surface area contributed by atoms with Crippen molar-refractivity contribution in [2.24, 2.45) is 0 Å². The summed E-state index contributed by atoms with van der Waals surface area (Å²) in [6, 6.07) is 7.91. The van der Waals surface area contributed by atoms with Crippen LogP contribution in [0.5, 0.6) is 23.0 Å². The van der Waals surface area contributed by atoms with E-state index >= 15 is 0 Å². The van der Waals surface area contributed by atoms with E-state index in [0.717, 1.165) is 12.1 Å². The molecule has 1 saturated heterocycles. The van der Waals surface area contributed by atoms with Gasteiger partial charge in [0.15, 0.2) is 23.2 Å². The van der Waals surface area contributed by atoms with Gasteiger partial charge >= 0.3 is 0 Å². The molecule has 2 heterocycles. The van der Waals surface area contributed by atoms with Crippen LogP contribution < -0.4 is 10.2 Å². The Bertz CT molecular complexity index is 1170. The summed E-state index contributed by atoms with van der Waals surface area (Å²) in [5.74, 6) is -2.12. The van der Waals surface area contributed by atoms with Crippen LogP contribution in [0.3, 0.4) is 0 Å². The van der Waals surface area contributed by atoms with Gasteiger partial charge in [0.1, 0.15) is 40.8 Å². The Hall–Kier alpha value is -3.35. The Kier molecular flexibility index (Phi) is 5.21. The maximum atomic E-state index is 12.5. The first-order valence-electron chi connectivity index (χ1n) is 9.04. The molecule has 0 bridgehead atoms. The topological polar surface area (TPSA) is 190 Å². The fourth-order valence-electron chi connectivity index (χ4n) is 3.18. The molecule has 1 aliphatic rings. The molecule has 11 heteroatoms. The quantitative estimate of drug-likeness (QED) is 0.268. The van der Waals surface area contributed by atoms with Gasteiger partial charge in [-0.15, -0.1) is 0 Å². The van der Waals surface area contributed by atoms with E-state index in [0.29, 0.717) is 5.56 Å². The van der Waals surface area contributed by atoms with Crippen LogP contribution in [-0.4, -0.2) is 66.6 Å². The standard InChI is InChI=1S/C20H18O11/c21-8-3-1-7(2-4-8)10-5-9(22)13-11(29-10)6-12(14(23)15(13)24)30-20-18(27)16(25)17(26)19(28)31-20/h1-6,16-21,23-28H. The molecule has 11 nitrogen and oxygen atoms in total. The molecule has 3 aromatic rings. The average molecular weight is 434 g/mol. The molecule has 0 radical (unpaired) electrons. The van der Waals surface area contributed by atoms with Crippen LogP contribution in [0.1, 0.15) is 0 Å². The van der Waals surface area contributed by atoms with Crippen molar-refractivity contribution < 1.29 is 49.6 Å². The highest BCUT2D eigenvalue weighted by atomic mass is 16.7. The average Bonchev–Trinajstić information content (AvgIpc) is 2.74. The summed E-state index contributed by atoms with van der Waals surface area (Å²) in [5.41, 5.74) is -0.419. The third-order valence-electron chi connectivity index (χ3n) is 4.87. The highest BCUT2D eigenvalue weighted by Crippen LogP contribution is 2.42. The molecule has 5 unspecified atom stereocenters. The van der Waals surface area contributed by atoms with E-state index in [2.05, 4.69) is 0 Å². The number of aliphatic hydroxyl groups excluding tert-OH is 4. The molecule has 164 valence electrons. The van der Waals surface area contributed by atoms with E-state index in [4.69, 9.17) is 13.9 Å². The van der Waals surface area contributed by atoms with Gasteiger partial charge in [-0.25, -0.2) is 0 Å². The van der Waals surface area contributed by atoms with Gasteiger partial charge in [0, 0.05) is 17.7 Å². The molecule has 31 heavy (non-hydrogen) atoms. The summed E-state index contributed by atoms with van der Waals surface area (Å²) in [6.07, 6.45) is -9.05. The summed E-state index contributed by atoms with van der Waals surface area (Å²) in [5, 5.41) is 68.5. The molecule has 0 saturated carbocycles. The number of aliphatic hydroxyl groups is 4. The molecule has 0 aliphatic carbocycles. The lowest BCUT2D eigenvalue weighted by Crippen LogP contribution is -2.59. The first-order chi connectivity index (χ1) is 14.7. The van der Waals surface area contributed by atoms with Crippen LogP contribution >= 0.6 is 0 Å². The maximum absolute atomic E-state index is 12.5. The zero-order chi connectivity index (χ0) is 22.4. The summed E-state index contributed by atoms with van der Waals surface area (Å²) < 4.78 is 15.8. The minimum absolute atomic E-state index is 0.00525. The predicted octanol–water partition coefficient (Wildman–Crippen LogP) is -0.287. The largest absolute Gasteiger partial charge is 0.508 e. The molecule has 0 spiro atoms. The second-order valence-corrected chi connectivity index (χ2v) is 6.95. The van der Waals surface area contributed by atoms with Crippen molar-refractivity contribution in [1.29, 1.82) is 0 Å². The summed E-state index contributed by atoms with van der Waals surface area (Å²) in [7, 11) is 0. The molecular formula is C20H18O11. The third kappa shape index (κ3) is 3.65. The lowest BCUT2D eigenvalue weighted by molar-refractivity contribution is -0.321. The Morgan fingerprint density at radius 3 is 2.19 bits per heavy atom.